The van der Waals surface area contributed by atoms with Crippen molar-refractivity contribution in [3.05, 3.63) is 33.9 Å². The number of hydrogen-bond acceptors (Lipinski definition) is 2. The van der Waals surface area contributed by atoms with Gasteiger partial charge < -0.3 is 10.2 Å². The molecule has 1 aromatic carbocycles. The molecule has 0 radical (unpaired) electrons. The monoisotopic (exact) mass is 416 g/mol. The Morgan fingerprint density at radius 1 is 0.933 bits per heavy atom. The van der Waals surface area contributed by atoms with E-state index in [9.17, 15) is 19.8 Å². The molecule has 0 unspecified atom stereocenters. The Morgan fingerprint density at radius 3 is 2.13 bits per heavy atom. The lowest BCUT2D eigenvalue weighted by molar-refractivity contribution is -0.147. The molecule has 0 amide bonds. The van der Waals surface area contributed by atoms with Gasteiger partial charge in [0.2, 0.25) is 0 Å². The van der Waals surface area contributed by atoms with E-state index >= 15 is 0 Å². The van der Waals surface area contributed by atoms with Gasteiger partial charge in [0.1, 0.15) is 0 Å². The first-order valence-electron chi connectivity index (χ1n) is 11.6. The van der Waals surface area contributed by atoms with Gasteiger partial charge in [-0.25, -0.2) is 0 Å². The fourth-order valence-electron chi connectivity index (χ4n) is 4.52. The van der Waals surface area contributed by atoms with Gasteiger partial charge in [0.15, 0.2) is 0 Å². The number of rotatable bonds is 13. The van der Waals surface area contributed by atoms with Crippen LogP contribution in [0.3, 0.4) is 0 Å². The van der Waals surface area contributed by atoms with Crippen LogP contribution in [0.2, 0.25) is 0 Å². The second-order valence-corrected chi connectivity index (χ2v) is 10.1. The van der Waals surface area contributed by atoms with Crippen LogP contribution in [-0.4, -0.2) is 22.2 Å². The number of carbonyl (C=O) groups is 2. The van der Waals surface area contributed by atoms with Gasteiger partial charge in [-0.15, -0.1) is 0 Å². The first kappa shape index (κ1) is 24.4. The molecule has 0 aromatic heterocycles. The fraction of sp³-hybridized carbons (Fsp3) is 0.692. The van der Waals surface area contributed by atoms with Crippen LogP contribution >= 0.6 is 0 Å². The Hall–Kier alpha value is -1.84. The molecule has 0 spiro atoms. The first-order valence-corrected chi connectivity index (χ1v) is 11.6. The van der Waals surface area contributed by atoms with E-state index in [2.05, 4.69) is 26.8 Å². The van der Waals surface area contributed by atoms with E-state index in [1.807, 2.05) is 0 Å². The van der Waals surface area contributed by atoms with Crippen molar-refractivity contribution in [3.63, 3.8) is 0 Å². The van der Waals surface area contributed by atoms with Crippen LogP contribution in [-0.2, 0) is 22.4 Å². The van der Waals surface area contributed by atoms with Gasteiger partial charge in [-0.2, -0.15) is 0 Å². The predicted molar refractivity (Wildman–Crippen MR) is 121 cm³/mol. The molecular formula is C26H40O4. The number of aliphatic carboxylic acids is 2. The van der Waals surface area contributed by atoms with Gasteiger partial charge in [-0.05, 0) is 114 Å². The quantitative estimate of drug-likeness (QED) is 0.365. The van der Waals surface area contributed by atoms with Crippen LogP contribution in [0.5, 0.6) is 0 Å². The molecule has 2 N–H and O–H groups in total. The minimum atomic E-state index is -0.712. The lowest BCUT2D eigenvalue weighted by Crippen LogP contribution is -2.23. The van der Waals surface area contributed by atoms with Crippen molar-refractivity contribution in [3.8, 4) is 0 Å². The molecule has 0 bridgehead atoms. The maximum atomic E-state index is 11.3. The van der Waals surface area contributed by atoms with Crippen molar-refractivity contribution < 1.29 is 19.8 Å². The molecule has 4 heteroatoms. The van der Waals surface area contributed by atoms with E-state index in [-0.39, 0.29) is 0 Å². The molecule has 1 aromatic rings. The maximum absolute atomic E-state index is 11.3. The first-order chi connectivity index (χ1) is 14.0. The predicted octanol–water partition coefficient (Wildman–Crippen LogP) is 6.40. The second kappa shape index (κ2) is 9.98. The average molecular weight is 417 g/mol. The summed E-state index contributed by atoms with van der Waals surface area (Å²) in [6.45, 7) is 10.2. The second-order valence-electron chi connectivity index (χ2n) is 10.1. The van der Waals surface area contributed by atoms with E-state index in [0.717, 1.165) is 70.6 Å². The van der Waals surface area contributed by atoms with E-state index in [0.29, 0.717) is 0 Å². The number of carboxylic acids is 2. The molecule has 1 aliphatic carbocycles. The minimum absolute atomic E-state index is 0.398. The Kier molecular flexibility index (Phi) is 8.13. The zero-order valence-electron chi connectivity index (χ0n) is 19.6. The highest BCUT2D eigenvalue weighted by Gasteiger charge is 2.49. The Labute approximate surface area is 182 Å². The van der Waals surface area contributed by atoms with Gasteiger partial charge >= 0.3 is 11.9 Å². The summed E-state index contributed by atoms with van der Waals surface area (Å²) >= 11 is 0. The summed E-state index contributed by atoms with van der Waals surface area (Å²) in [4.78, 5) is 22.5. The van der Waals surface area contributed by atoms with Crippen molar-refractivity contribution in [2.75, 3.05) is 0 Å². The molecule has 1 aliphatic rings. The van der Waals surface area contributed by atoms with Crippen molar-refractivity contribution >= 4 is 11.9 Å². The van der Waals surface area contributed by atoms with Crippen molar-refractivity contribution in [1.82, 2.24) is 0 Å². The van der Waals surface area contributed by atoms with Gasteiger partial charge in [0, 0.05) is 0 Å². The fourth-order valence-corrected chi connectivity index (χ4v) is 4.52. The maximum Gasteiger partial charge on any atom is 0.309 e. The zero-order valence-corrected chi connectivity index (χ0v) is 19.6. The van der Waals surface area contributed by atoms with E-state index in [1.165, 1.54) is 27.8 Å². The van der Waals surface area contributed by atoms with Crippen LogP contribution in [0.1, 0.15) is 99.5 Å². The van der Waals surface area contributed by atoms with Crippen LogP contribution in [0.4, 0.5) is 0 Å². The molecule has 30 heavy (non-hydrogen) atoms. The summed E-state index contributed by atoms with van der Waals surface area (Å²) in [5.41, 5.74) is 5.93. The molecule has 0 aliphatic heterocycles. The molecule has 0 heterocycles. The lowest BCUT2D eigenvalue weighted by Gasteiger charge is -2.19. The van der Waals surface area contributed by atoms with Crippen LogP contribution in [0, 0.1) is 31.6 Å². The summed E-state index contributed by atoms with van der Waals surface area (Å²) in [6.07, 6.45) is 10.4. The zero-order chi connectivity index (χ0) is 22.5. The average Bonchev–Trinajstić information content (AvgIpc) is 3.46. The molecule has 2 rings (SSSR count). The van der Waals surface area contributed by atoms with E-state index in [4.69, 9.17) is 0 Å². The highest BCUT2D eigenvalue weighted by atomic mass is 16.4. The van der Waals surface area contributed by atoms with Gasteiger partial charge in [-0.3, -0.25) is 9.59 Å². The number of benzene rings is 1. The third-order valence-corrected chi connectivity index (χ3v) is 7.33. The van der Waals surface area contributed by atoms with Gasteiger partial charge in [0.05, 0.1) is 10.8 Å². The largest absolute Gasteiger partial charge is 0.481 e. The molecule has 0 saturated heterocycles. The molecule has 1 saturated carbocycles. The topological polar surface area (TPSA) is 74.6 Å². The van der Waals surface area contributed by atoms with E-state index in [1.54, 1.807) is 13.8 Å². The minimum Gasteiger partial charge on any atom is -0.481 e. The number of aryl methyl sites for hydroxylation is 2. The van der Waals surface area contributed by atoms with Crippen molar-refractivity contribution in [2.45, 2.75) is 105 Å². The summed E-state index contributed by atoms with van der Waals surface area (Å²) in [7, 11) is 0. The van der Waals surface area contributed by atoms with Crippen LogP contribution < -0.4 is 0 Å². The summed E-state index contributed by atoms with van der Waals surface area (Å²) in [5.74, 6) is -1.32. The number of carboxylic acid groups (broad SMARTS) is 2. The number of hydrogen-bond donors (Lipinski definition) is 2. The normalized spacial score (nSPS) is 15.2. The number of unbranched alkanes of at least 4 members (excludes halogenated alkanes) is 3. The van der Waals surface area contributed by atoms with Crippen LogP contribution in [0.25, 0.3) is 0 Å². The Morgan fingerprint density at radius 2 is 1.57 bits per heavy atom. The summed E-state index contributed by atoms with van der Waals surface area (Å²) in [5, 5.41) is 18.5. The molecule has 4 nitrogen and oxygen atoms in total. The van der Waals surface area contributed by atoms with Crippen molar-refractivity contribution in [1.29, 1.82) is 0 Å². The molecule has 0 atom stereocenters. The van der Waals surface area contributed by atoms with Gasteiger partial charge in [-0.1, -0.05) is 25.3 Å². The Bertz CT molecular complexity index is 772. The van der Waals surface area contributed by atoms with Crippen LogP contribution in [0.15, 0.2) is 6.07 Å². The lowest BCUT2D eigenvalue weighted by atomic mass is 9.86. The molecule has 168 valence electrons. The molecule has 1 fully saturated rings. The smallest absolute Gasteiger partial charge is 0.309 e. The van der Waals surface area contributed by atoms with E-state index < -0.39 is 22.8 Å². The highest BCUT2D eigenvalue weighted by molar-refractivity contribution is 5.77. The highest BCUT2D eigenvalue weighted by Crippen LogP contribution is 2.50. The summed E-state index contributed by atoms with van der Waals surface area (Å²) in [6, 6.07) is 2.33. The third-order valence-electron chi connectivity index (χ3n) is 7.33. The standard InChI is InChI=1S/C26H40O4/c1-18-17-21(11-8-10-14-26(15-16-26)24(29)30)19(2)20(3)22(18)12-7-6-9-13-25(4,5)23(27)28/h17H,6-16H2,1-5H3,(H,27,28)(H,29,30). The summed E-state index contributed by atoms with van der Waals surface area (Å²) < 4.78 is 0. The van der Waals surface area contributed by atoms with Crippen molar-refractivity contribution in [2.24, 2.45) is 10.8 Å². The molecular weight excluding hydrogens is 376 g/mol. The van der Waals surface area contributed by atoms with Gasteiger partial charge in [0.25, 0.3) is 0 Å². The SMILES string of the molecule is Cc1cc(CCCCC2(C(=O)O)CC2)c(C)c(C)c1CCCCCC(C)(C)C(=O)O. The third kappa shape index (κ3) is 6.09. The Balaban J connectivity index is 1.83.